The second kappa shape index (κ2) is 13.7. The highest BCUT2D eigenvalue weighted by molar-refractivity contribution is 5.80. The van der Waals surface area contributed by atoms with E-state index in [9.17, 15) is 9.59 Å². The van der Waals surface area contributed by atoms with Crippen LogP contribution in [-0.4, -0.2) is 66.2 Å². The molecule has 6 heterocycles. The molecule has 2 bridgehead atoms. The van der Waals surface area contributed by atoms with Gasteiger partial charge in [-0.15, -0.1) is 0 Å². The Hall–Kier alpha value is -4.24. The molecule has 0 aromatic carbocycles. The lowest BCUT2D eigenvalue weighted by Crippen LogP contribution is -2.39. The van der Waals surface area contributed by atoms with Crippen molar-refractivity contribution in [3.8, 4) is 0 Å². The van der Waals surface area contributed by atoms with Crippen molar-refractivity contribution in [2.45, 2.75) is 135 Å². The van der Waals surface area contributed by atoms with Gasteiger partial charge in [0.1, 0.15) is 11.6 Å². The number of aromatic nitrogens is 4. The molecule has 4 aliphatic heterocycles. The lowest BCUT2D eigenvalue weighted by molar-refractivity contribution is -0.139. The van der Waals surface area contributed by atoms with Gasteiger partial charge in [-0.1, -0.05) is 77.0 Å². The number of allylic oxidation sites excluding steroid dienone is 10. The number of nitrogens with zero attached hydrogens (tertiary/aromatic N) is 4. The summed E-state index contributed by atoms with van der Waals surface area (Å²) >= 11 is 0. The van der Waals surface area contributed by atoms with Gasteiger partial charge in [-0.2, -0.15) is 0 Å². The molecule has 13 unspecified atom stereocenters. The van der Waals surface area contributed by atoms with Crippen molar-refractivity contribution in [3.05, 3.63) is 94.2 Å². The highest BCUT2D eigenvalue weighted by Crippen LogP contribution is 2.56. The number of likely N-dealkylation sites (tertiary alicyclic amines) is 2. The third kappa shape index (κ3) is 5.79. The maximum atomic E-state index is 13.7. The number of carbonyl (C=O) groups excluding carboxylic acids is 2. The first-order valence-electron chi connectivity index (χ1n) is 22.5. The monoisotopic (exact) mass is 765 g/mol. The predicted octanol–water partition coefficient (Wildman–Crippen LogP) is 8.55. The van der Waals surface area contributed by atoms with Crippen LogP contribution in [0, 0.1) is 41.4 Å². The van der Waals surface area contributed by atoms with Crippen molar-refractivity contribution in [3.63, 3.8) is 0 Å². The second-order valence-corrected chi connectivity index (χ2v) is 19.2. The summed E-state index contributed by atoms with van der Waals surface area (Å²) < 4.78 is 0. The normalized spacial score (nSPS) is 36.9. The van der Waals surface area contributed by atoms with Gasteiger partial charge in [0, 0.05) is 41.9 Å². The summed E-state index contributed by atoms with van der Waals surface area (Å²) in [5.41, 5.74) is 10.9. The number of hydrogen-bond donors (Lipinski definition) is 3. The minimum atomic E-state index is 0.0451. The molecule has 6 fully saturated rings. The molecule has 5 aliphatic carbocycles. The fourth-order valence-corrected chi connectivity index (χ4v) is 12.6. The maximum Gasteiger partial charge on any atom is 0.226 e. The van der Waals surface area contributed by atoms with E-state index >= 15 is 0 Å². The number of imidazole rings is 2. The third-order valence-electron chi connectivity index (χ3n) is 16.4. The fraction of sp³-hybridized carbons (Fsp3) is 0.583. The van der Waals surface area contributed by atoms with E-state index in [1.807, 2.05) is 17.3 Å². The molecule has 2 saturated carbocycles. The van der Waals surface area contributed by atoms with E-state index in [2.05, 4.69) is 84.3 Å². The molecule has 2 aromatic heterocycles. The van der Waals surface area contributed by atoms with E-state index in [1.165, 1.54) is 35.1 Å². The maximum absolute atomic E-state index is 13.7. The zero-order valence-corrected chi connectivity index (χ0v) is 34.1. The van der Waals surface area contributed by atoms with Gasteiger partial charge in [0.15, 0.2) is 0 Å². The van der Waals surface area contributed by atoms with Crippen LogP contribution in [0.2, 0.25) is 0 Å². The largest absolute Gasteiger partial charge is 0.341 e. The Morgan fingerprint density at radius 1 is 0.754 bits per heavy atom. The summed E-state index contributed by atoms with van der Waals surface area (Å²) in [6.45, 7) is 8.88. The van der Waals surface area contributed by atoms with Crippen molar-refractivity contribution < 1.29 is 9.59 Å². The molecule has 9 nitrogen and oxygen atoms in total. The zero-order chi connectivity index (χ0) is 38.7. The van der Waals surface area contributed by atoms with Crippen LogP contribution in [0.1, 0.15) is 133 Å². The van der Waals surface area contributed by atoms with Crippen molar-refractivity contribution in [1.82, 2.24) is 35.1 Å². The van der Waals surface area contributed by atoms with E-state index in [-0.39, 0.29) is 18.0 Å². The number of H-pyrrole nitrogens is 2. The Bertz CT molecular complexity index is 2180. The molecule has 0 radical (unpaired) electrons. The van der Waals surface area contributed by atoms with Gasteiger partial charge in [0.25, 0.3) is 0 Å². The molecular formula is C48H59N7O2. The van der Waals surface area contributed by atoms with Crippen molar-refractivity contribution >= 4 is 23.5 Å². The molecule has 57 heavy (non-hydrogen) atoms. The highest BCUT2D eigenvalue weighted by Gasteiger charge is 2.57. The molecule has 2 amide bonds. The highest BCUT2D eigenvalue weighted by atomic mass is 16.2. The quantitative estimate of drug-likeness (QED) is 0.199. The minimum absolute atomic E-state index is 0.0451. The van der Waals surface area contributed by atoms with Gasteiger partial charge >= 0.3 is 0 Å². The number of carbonyl (C=O) groups is 2. The van der Waals surface area contributed by atoms with Crippen LogP contribution < -0.4 is 5.32 Å². The van der Waals surface area contributed by atoms with Crippen LogP contribution in [0.4, 0.5) is 0 Å². The van der Waals surface area contributed by atoms with Crippen LogP contribution in [-0.2, 0) is 9.59 Å². The van der Waals surface area contributed by atoms with E-state index in [1.54, 1.807) is 11.1 Å². The summed E-state index contributed by atoms with van der Waals surface area (Å²) in [4.78, 5) is 46.7. The Morgan fingerprint density at radius 2 is 1.33 bits per heavy atom. The molecule has 298 valence electrons. The number of hydrogen-bond acceptors (Lipinski definition) is 5. The Kier molecular flexibility index (Phi) is 8.61. The van der Waals surface area contributed by atoms with Gasteiger partial charge in [-0.3, -0.25) is 9.59 Å². The molecular weight excluding hydrogens is 707 g/mol. The standard InChI is InChI=1S/C48H59N7O2/c1-5-25(3)26(4)48(57)55-40-19-33(40)21-42(55)47-50-23-38(53-47)31-13-9-29(10-14-31)35-16-15-34(43-36-17-27(6-2)45(51-36)44(35)43)28-7-11-30(12-8-28)37-22-49-46(52-37)41-20-32-18-39(32)54(41)24-56/h7,9,11,13,15-16,22-27,32-33,36,39-45,51H,5-6,8,10,12,14,17-21H2,1-4H3,(H,49,52)(H,50,53). The van der Waals surface area contributed by atoms with Gasteiger partial charge in [0.05, 0.1) is 35.9 Å². The van der Waals surface area contributed by atoms with Crippen molar-refractivity contribution in [2.75, 3.05) is 0 Å². The summed E-state index contributed by atoms with van der Waals surface area (Å²) in [6, 6.07) is 2.05. The number of aromatic amines is 2. The predicted molar refractivity (Wildman–Crippen MR) is 222 cm³/mol. The van der Waals surface area contributed by atoms with E-state index in [4.69, 9.17) is 9.97 Å². The smallest absolute Gasteiger partial charge is 0.226 e. The van der Waals surface area contributed by atoms with Crippen LogP contribution in [0.15, 0.2) is 71.1 Å². The topological polar surface area (TPSA) is 110 Å². The van der Waals surface area contributed by atoms with Gasteiger partial charge in [0.2, 0.25) is 12.3 Å². The SMILES string of the molecule is CCC(C)C(C)C(=O)N1C(c2ncc(C3=CC=C(C4=CC=C(C5=CC=C(c6cnc(C7CC8CC8N7C=O)[nH]6)CC5)C5C6CC(CC)C(N6)C45)CC3)[nH]2)CC2CC21. The number of rotatable bonds is 11. The van der Waals surface area contributed by atoms with E-state index in [0.717, 1.165) is 93.2 Å². The summed E-state index contributed by atoms with van der Waals surface area (Å²) in [6.07, 6.45) is 31.4. The molecule has 9 aliphatic rings. The Balaban J connectivity index is 0.830. The van der Waals surface area contributed by atoms with Gasteiger partial charge in [-0.25, -0.2) is 9.97 Å². The lowest BCUT2D eigenvalue weighted by Gasteiger charge is -2.41. The first-order valence-corrected chi connectivity index (χ1v) is 22.5. The third-order valence-corrected chi connectivity index (χ3v) is 16.4. The van der Waals surface area contributed by atoms with Gasteiger partial charge < -0.3 is 25.1 Å². The summed E-state index contributed by atoms with van der Waals surface area (Å²) in [5, 5.41) is 4.14. The Labute approximate surface area is 337 Å². The van der Waals surface area contributed by atoms with Crippen molar-refractivity contribution in [2.24, 2.45) is 41.4 Å². The molecule has 11 rings (SSSR count). The Morgan fingerprint density at radius 3 is 1.95 bits per heavy atom. The first-order chi connectivity index (χ1) is 27.8. The number of piperidine rings is 2. The molecule has 3 N–H and O–H groups in total. The molecule has 0 spiro atoms. The summed E-state index contributed by atoms with van der Waals surface area (Å²) in [5.74, 6) is 5.67. The number of fused-ring (bicyclic) bond motifs is 7. The zero-order valence-electron chi connectivity index (χ0n) is 34.1. The van der Waals surface area contributed by atoms with Crippen LogP contribution >= 0.6 is 0 Å². The summed E-state index contributed by atoms with van der Waals surface area (Å²) in [7, 11) is 0. The molecule has 4 saturated heterocycles. The molecule has 9 heteroatoms. The second-order valence-electron chi connectivity index (χ2n) is 19.2. The average Bonchev–Trinajstić information content (AvgIpc) is 3.71. The van der Waals surface area contributed by atoms with Crippen LogP contribution in [0.25, 0.3) is 11.1 Å². The molecule has 2 aromatic rings. The minimum Gasteiger partial charge on any atom is -0.341 e. The average molecular weight is 766 g/mol. The first kappa shape index (κ1) is 35.9. The number of amides is 2. The fourth-order valence-electron chi connectivity index (χ4n) is 12.6. The van der Waals surface area contributed by atoms with Crippen molar-refractivity contribution in [1.29, 1.82) is 0 Å². The lowest BCUT2D eigenvalue weighted by atomic mass is 9.62. The van der Waals surface area contributed by atoms with E-state index < -0.39 is 0 Å². The number of nitrogens with one attached hydrogen (secondary N) is 3. The van der Waals surface area contributed by atoms with E-state index in [0.29, 0.717) is 59.7 Å². The van der Waals surface area contributed by atoms with Crippen LogP contribution in [0.5, 0.6) is 0 Å². The van der Waals surface area contributed by atoms with Gasteiger partial charge in [-0.05, 0) is 115 Å². The molecule has 13 atom stereocenters. The van der Waals surface area contributed by atoms with Crippen LogP contribution in [0.3, 0.4) is 0 Å².